The monoisotopic (exact) mass is 436 g/mol. The molecule has 0 saturated heterocycles. The molecule has 2 heterocycles. The third kappa shape index (κ3) is 4.15. The van der Waals surface area contributed by atoms with Gasteiger partial charge in [0.25, 0.3) is 0 Å². The smallest absolute Gasteiger partial charge is 0.172 e. The molecule has 1 atom stereocenters. The van der Waals surface area contributed by atoms with Gasteiger partial charge in [0.2, 0.25) is 0 Å². The molecule has 0 fully saturated rings. The Labute approximate surface area is 193 Å². The highest BCUT2D eigenvalue weighted by molar-refractivity contribution is 6.03. The van der Waals surface area contributed by atoms with Gasteiger partial charge in [-0.05, 0) is 29.8 Å². The lowest BCUT2D eigenvalue weighted by Gasteiger charge is -2.24. The first-order chi connectivity index (χ1) is 16.3. The normalized spacial score (nSPS) is 15.3. The SMILES string of the molecule is COc1ccc(C2CC(c3ccccc3)=NN2c2ccc(-c3ccccc3)nn2)c(OC)c1. The van der Waals surface area contributed by atoms with Gasteiger partial charge in [0.1, 0.15) is 11.5 Å². The minimum absolute atomic E-state index is 0.0852. The molecule has 33 heavy (non-hydrogen) atoms. The number of rotatable bonds is 6. The van der Waals surface area contributed by atoms with Crippen molar-refractivity contribution in [2.75, 3.05) is 19.2 Å². The van der Waals surface area contributed by atoms with Crippen molar-refractivity contribution in [3.8, 4) is 22.8 Å². The molecule has 1 aromatic heterocycles. The number of hydrogen-bond donors (Lipinski definition) is 0. The second-order valence-corrected chi connectivity index (χ2v) is 7.73. The van der Waals surface area contributed by atoms with Crippen LogP contribution in [0.4, 0.5) is 5.82 Å². The first-order valence-electron chi connectivity index (χ1n) is 10.8. The third-order valence-electron chi connectivity index (χ3n) is 5.77. The number of methoxy groups -OCH3 is 2. The summed E-state index contributed by atoms with van der Waals surface area (Å²) in [6.45, 7) is 0. The summed E-state index contributed by atoms with van der Waals surface area (Å²) in [6.07, 6.45) is 0.717. The van der Waals surface area contributed by atoms with Crippen molar-refractivity contribution >= 4 is 11.5 Å². The summed E-state index contributed by atoms with van der Waals surface area (Å²) in [5.41, 5.74) is 4.95. The Bertz CT molecular complexity index is 1260. The summed E-state index contributed by atoms with van der Waals surface area (Å²) in [5.74, 6) is 2.18. The second kappa shape index (κ2) is 9.12. The second-order valence-electron chi connectivity index (χ2n) is 7.73. The molecule has 0 amide bonds. The molecule has 0 N–H and O–H groups in total. The summed E-state index contributed by atoms with van der Waals surface area (Å²) in [6, 6.07) is 30.0. The van der Waals surface area contributed by atoms with Gasteiger partial charge in [0.15, 0.2) is 5.82 Å². The Kier molecular flexibility index (Phi) is 5.72. The number of hydrogen-bond acceptors (Lipinski definition) is 6. The van der Waals surface area contributed by atoms with E-state index < -0.39 is 0 Å². The maximum Gasteiger partial charge on any atom is 0.172 e. The average molecular weight is 437 g/mol. The zero-order valence-electron chi connectivity index (χ0n) is 18.6. The number of aromatic nitrogens is 2. The average Bonchev–Trinajstić information content (AvgIpc) is 3.34. The highest BCUT2D eigenvalue weighted by Crippen LogP contribution is 2.40. The van der Waals surface area contributed by atoms with Crippen molar-refractivity contribution in [2.24, 2.45) is 5.10 Å². The van der Waals surface area contributed by atoms with Crippen LogP contribution in [0.25, 0.3) is 11.3 Å². The number of nitrogens with zero attached hydrogens (tertiary/aromatic N) is 4. The largest absolute Gasteiger partial charge is 0.497 e. The van der Waals surface area contributed by atoms with Gasteiger partial charge in [0, 0.05) is 23.6 Å². The van der Waals surface area contributed by atoms with Gasteiger partial charge >= 0.3 is 0 Å². The molecule has 164 valence electrons. The number of ether oxygens (including phenoxy) is 2. The van der Waals surface area contributed by atoms with E-state index >= 15 is 0 Å². The van der Waals surface area contributed by atoms with Crippen LogP contribution in [0.2, 0.25) is 0 Å². The molecule has 1 aliphatic heterocycles. The fourth-order valence-electron chi connectivity index (χ4n) is 4.07. The number of hydrazone groups is 1. The molecule has 6 heteroatoms. The molecular formula is C27H24N4O2. The molecule has 3 aromatic carbocycles. The zero-order valence-corrected chi connectivity index (χ0v) is 18.6. The van der Waals surface area contributed by atoms with Crippen LogP contribution in [0.3, 0.4) is 0 Å². The summed E-state index contributed by atoms with van der Waals surface area (Å²) in [5, 5.41) is 15.9. The maximum atomic E-state index is 5.71. The quantitative estimate of drug-likeness (QED) is 0.398. The van der Waals surface area contributed by atoms with Crippen LogP contribution in [0.1, 0.15) is 23.6 Å². The van der Waals surface area contributed by atoms with Gasteiger partial charge in [-0.2, -0.15) is 5.10 Å². The fraction of sp³-hybridized carbons (Fsp3) is 0.148. The highest BCUT2D eigenvalue weighted by atomic mass is 16.5. The number of benzene rings is 3. The first kappa shape index (κ1) is 20.7. The predicted octanol–water partition coefficient (Wildman–Crippen LogP) is 5.52. The lowest BCUT2D eigenvalue weighted by molar-refractivity contribution is 0.388. The van der Waals surface area contributed by atoms with Crippen LogP contribution in [0.15, 0.2) is 96.1 Å². The molecule has 5 rings (SSSR count). The molecule has 0 spiro atoms. The Morgan fingerprint density at radius 2 is 1.48 bits per heavy atom. The van der Waals surface area contributed by atoms with E-state index in [0.29, 0.717) is 5.82 Å². The van der Waals surface area contributed by atoms with Crippen LogP contribution in [-0.2, 0) is 0 Å². The zero-order chi connectivity index (χ0) is 22.6. The topological polar surface area (TPSA) is 59.8 Å². The Balaban J connectivity index is 1.55. The molecule has 0 bridgehead atoms. The summed E-state index contributed by atoms with van der Waals surface area (Å²) in [7, 11) is 3.32. The summed E-state index contributed by atoms with van der Waals surface area (Å²) in [4.78, 5) is 0. The van der Waals surface area contributed by atoms with E-state index in [-0.39, 0.29) is 6.04 Å². The van der Waals surface area contributed by atoms with Crippen molar-refractivity contribution in [3.63, 3.8) is 0 Å². The lowest BCUT2D eigenvalue weighted by atomic mass is 9.97. The number of anilines is 1. The lowest BCUT2D eigenvalue weighted by Crippen LogP contribution is -2.20. The highest BCUT2D eigenvalue weighted by Gasteiger charge is 2.33. The molecule has 0 aliphatic carbocycles. The van der Waals surface area contributed by atoms with Crippen molar-refractivity contribution in [1.29, 1.82) is 0 Å². The van der Waals surface area contributed by atoms with Gasteiger partial charge in [-0.3, -0.25) is 0 Å². The van der Waals surface area contributed by atoms with Crippen LogP contribution in [0, 0.1) is 0 Å². The van der Waals surface area contributed by atoms with E-state index in [1.807, 2.05) is 83.9 Å². The van der Waals surface area contributed by atoms with Crippen molar-refractivity contribution in [1.82, 2.24) is 10.2 Å². The molecular weight excluding hydrogens is 412 g/mol. The van der Waals surface area contributed by atoms with E-state index in [1.54, 1.807) is 14.2 Å². The van der Waals surface area contributed by atoms with E-state index in [0.717, 1.165) is 46.0 Å². The molecule has 0 saturated carbocycles. The standard InChI is InChI=1S/C27H24N4O2/c1-32-21-13-14-22(26(17-21)33-2)25-18-24(20-11-7-4-8-12-20)30-31(25)27-16-15-23(28-29-27)19-9-5-3-6-10-19/h3-17,25H,18H2,1-2H3. The van der Waals surface area contributed by atoms with Crippen molar-refractivity contribution < 1.29 is 9.47 Å². The van der Waals surface area contributed by atoms with Gasteiger partial charge in [-0.1, -0.05) is 60.7 Å². The minimum Gasteiger partial charge on any atom is -0.497 e. The fourth-order valence-corrected chi connectivity index (χ4v) is 4.07. The Hall–Kier alpha value is -4.19. The van der Waals surface area contributed by atoms with Gasteiger partial charge in [-0.15, -0.1) is 10.2 Å². The summed E-state index contributed by atoms with van der Waals surface area (Å²) >= 11 is 0. The van der Waals surface area contributed by atoms with Crippen LogP contribution >= 0.6 is 0 Å². The Morgan fingerprint density at radius 1 is 0.758 bits per heavy atom. The molecule has 1 unspecified atom stereocenters. The minimum atomic E-state index is -0.0852. The first-order valence-corrected chi connectivity index (χ1v) is 10.8. The van der Waals surface area contributed by atoms with Crippen LogP contribution in [0.5, 0.6) is 11.5 Å². The van der Waals surface area contributed by atoms with Crippen molar-refractivity contribution in [2.45, 2.75) is 12.5 Å². The predicted molar refractivity (Wildman–Crippen MR) is 130 cm³/mol. The van der Waals surface area contributed by atoms with E-state index in [2.05, 4.69) is 22.3 Å². The van der Waals surface area contributed by atoms with Crippen molar-refractivity contribution in [3.05, 3.63) is 102 Å². The van der Waals surface area contributed by atoms with E-state index in [1.165, 1.54) is 0 Å². The maximum absolute atomic E-state index is 5.71. The third-order valence-corrected chi connectivity index (χ3v) is 5.77. The molecule has 0 radical (unpaired) electrons. The summed E-state index contributed by atoms with van der Waals surface area (Å²) < 4.78 is 11.1. The van der Waals surface area contributed by atoms with Gasteiger partial charge in [0.05, 0.1) is 31.7 Å². The van der Waals surface area contributed by atoms with Gasteiger partial charge < -0.3 is 9.47 Å². The van der Waals surface area contributed by atoms with Crippen LogP contribution < -0.4 is 14.5 Å². The van der Waals surface area contributed by atoms with E-state index in [9.17, 15) is 0 Å². The van der Waals surface area contributed by atoms with E-state index in [4.69, 9.17) is 14.6 Å². The molecule has 6 nitrogen and oxygen atoms in total. The molecule has 1 aliphatic rings. The molecule has 4 aromatic rings. The Morgan fingerprint density at radius 3 is 2.12 bits per heavy atom. The van der Waals surface area contributed by atoms with Gasteiger partial charge in [-0.25, -0.2) is 5.01 Å². The van der Waals surface area contributed by atoms with Crippen LogP contribution in [-0.4, -0.2) is 30.1 Å².